The van der Waals surface area contributed by atoms with E-state index >= 15 is 0 Å². The molecule has 0 aliphatic rings. The van der Waals surface area contributed by atoms with Crippen molar-refractivity contribution >= 4 is 0 Å². The first-order chi connectivity index (χ1) is 7.90. The van der Waals surface area contributed by atoms with E-state index in [9.17, 15) is 0 Å². The van der Waals surface area contributed by atoms with E-state index in [1.54, 1.807) is 0 Å². The first kappa shape index (κ1) is 13.8. The summed E-state index contributed by atoms with van der Waals surface area (Å²) in [6, 6.07) is 2.29. The molecule has 0 spiro atoms. The van der Waals surface area contributed by atoms with Crippen LogP contribution in [0, 0.1) is 45.5 Å². The van der Waals surface area contributed by atoms with Crippen LogP contribution in [0.15, 0.2) is 6.07 Å². The molecule has 0 fully saturated rings. The van der Waals surface area contributed by atoms with Crippen molar-refractivity contribution in [2.45, 2.75) is 54.4 Å². The second-order valence-corrected chi connectivity index (χ2v) is 5.15. The Labute approximate surface area is 106 Å². The third kappa shape index (κ3) is 2.72. The Kier molecular flexibility index (Phi) is 4.40. The minimum Gasteiger partial charge on any atom is -0.106 e. The molecule has 0 aliphatic heterocycles. The van der Waals surface area contributed by atoms with Gasteiger partial charge in [0.1, 0.15) is 0 Å². The van der Waals surface area contributed by atoms with Crippen LogP contribution in [0.5, 0.6) is 0 Å². The van der Waals surface area contributed by atoms with Crippen LogP contribution in [0.2, 0.25) is 0 Å². The molecule has 0 heteroatoms. The Balaban J connectivity index is 3.33. The van der Waals surface area contributed by atoms with Crippen LogP contribution in [-0.4, -0.2) is 0 Å². The maximum atomic E-state index is 3.29. The highest BCUT2D eigenvalue weighted by molar-refractivity contribution is 5.46. The average Bonchev–Trinajstić information content (AvgIpc) is 2.27. The lowest BCUT2D eigenvalue weighted by molar-refractivity contribution is 0.602. The van der Waals surface area contributed by atoms with Crippen LogP contribution in [0.25, 0.3) is 0 Å². The van der Waals surface area contributed by atoms with Gasteiger partial charge in [-0.3, -0.25) is 0 Å². The largest absolute Gasteiger partial charge is 0.106 e. The molecule has 0 heterocycles. The molecule has 2 unspecified atom stereocenters. The summed E-state index contributed by atoms with van der Waals surface area (Å²) < 4.78 is 0. The van der Waals surface area contributed by atoms with E-state index in [1.165, 1.54) is 27.8 Å². The monoisotopic (exact) mass is 228 g/mol. The molecule has 0 aliphatic carbocycles. The highest BCUT2D eigenvalue weighted by Crippen LogP contribution is 2.32. The van der Waals surface area contributed by atoms with Crippen molar-refractivity contribution in [3.05, 3.63) is 33.9 Å². The topological polar surface area (TPSA) is 0 Å². The van der Waals surface area contributed by atoms with Crippen LogP contribution in [0.4, 0.5) is 0 Å². The molecule has 1 aromatic rings. The van der Waals surface area contributed by atoms with Crippen molar-refractivity contribution in [3.63, 3.8) is 0 Å². The van der Waals surface area contributed by atoms with Crippen LogP contribution in [-0.2, 0) is 0 Å². The lowest BCUT2D eigenvalue weighted by atomic mass is 9.81. The zero-order valence-electron chi connectivity index (χ0n) is 12.2. The molecule has 0 nitrogen and oxygen atoms in total. The average molecular weight is 228 g/mol. The van der Waals surface area contributed by atoms with Crippen LogP contribution >= 0.6 is 0 Å². The number of hydrogen-bond acceptors (Lipinski definition) is 0. The lowest BCUT2D eigenvalue weighted by Gasteiger charge is -2.23. The predicted molar refractivity (Wildman–Crippen MR) is 76.4 cm³/mol. The number of rotatable bonds is 2. The predicted octanol–water partition coefficient (Wildman–Crippen LogP) is 4.68. The van der Waals surface area contributed by atoms with Gasteiger partial charge in [-0.2, -0.15) is 0 Å². The minimum absolute atomic E-state index is 0.415. The second kappa shape index (κ2) is 5.41. The second-order valence-electron chi connectivity index (χ2n) is 5.15. The van der Waals surface area contributed by atoms with Gasteiger partial charge in [0, 0.05) is 5.92 Å². The van der Waals surface area contributed by atoms with Crippen molar-refractivity contribution in [2.24, 2.45) is 5.92 Å². The summed E-state index contributed by atoms with van der Waals surface area (Å²) in [6.07, 6.45) is 0. The molecule has 17 heavy (non-hydrogen) atoms. The molecule has 0 radical (unpaired) electrons. The van der Waals surface area contributed by atoms with Gasteiger partial charge in [0.2, 0.25) is 0 Å². The standard InChI is InChI=1S/C17H24/c1-8-9-11(2)14(5)17-15(6)12(3)10-13(4)16(17)7/h10-11,14H,1-7H3. The van der Waals surface area contributed by atoms with Crippen LogP contribution in [0.3, 0.4) is 0 Å². The number of benzene rings is 1. The summed E-state index contributed by atoms with van der Waals surface area (Å²) in [7, 11) is 0. The molecule has 92 valence electrons. The highest BCUT2D eigenvalue weighted by atomic mass is 14.2. The lowest BCUT2D eigenvalue weighted by Crippen LogP contribution is -2.10. The molecule has 0 saturated carbocycles. The molecule has 0 bridgehead atoms. The molecule has 1 rings (SSSR count). The van der Waals surface area contributed by atoms with E-state index in [1.807, 2.05) is 6.92 Å². The number of aryl methyl sites for hydroxylation is 2. The zero-order valence-corrected chi connectivity index (χ0v) is 12.2. The fourth-order valence-corrected chi connectivity index (χ4v) is 2.53. The van der Waals surface area contributed by atoms with Crippen molar-refractivity contribution in [1.29, 1.82) is 0 Å². The van der Waals surface area contributed by atoms with Gasteiger partial charge in [-0.05, 0) is 68.4 Å². The quantitative estimate of drug-likeness (QED) is 0.645. The summed E-state index contributed by atoms with van der Waals surface area (Å²) in [5.74, 6) is 7.24. The van der Waals surface area contributed by atoms with E-state index in [4.69, 9.17) is 0 Å². The highest BCUT2D eigenvalue weighted by Gasteiger charge is 2.18. The van der Waals surface area contributed by atoms with E-state index in [0.29, 0.717) is 11.8 Å². The van der Waals surface area contributed by atoms with Gasteiger partial charge in [0.25, 0.3) is 0 Å². The molecule has 2 atom stereocenters. The minimum atomic E-state index is 0.415. The Hall–Kier alpha value is -1.22. The summed E-state index contributed by atoms with van der Waals surface area (Å²) in [4.78, 5) is 0. The third-order valence-electron chi connectivity index (χ3n) is 4.00. The summed E-state index contributed by atoms with van der Waals surface area (Å²) >= 11 is 0. The van der Waals surface area contributed by atoms with E-state index < -0.39 is 0 Å². The van der Waals surface area contributed by atoms with Crippen LogP contribution in [0.1, 0.15) is 54.5 Å². The van der Waals surface area contributed by atoms with Gasteiger partial charge in [-0.1, -0.05) is 25.8 Å². The SMILES string of the molecule is CC#CC(C)C(C)c1c(C)c(C)cc(C)c1C. The normalized spacial score (nSPS) is 13.8. The first-order valence-corrected chi connectivity index (χ1v) is 6.39. The molecule has 0 aromatic heterocycles. The Morgan fingerprint density at radius 3 is 1.82 bits per heavy atom. The summed E-state index contributed by atoms with van der Waals surface area (Å²) in [6.45, 7) is 15.3. The smallest absolute Gasteiger partial charge is 0.0240 e. The Morgan fingerprint density at radius 2 is 1.41 bits per heavy atom. The van der Waals surface area contributed by atoms with Crippen LogP contribution < -0.4 is 0 Å². The molecule has 1 aromatic carbocycles. The van der Waals surface area contributed by atoms with Gasteiger partial charge < -0.3 is 0 Å². The summed E-state index contributed by atoms with van der Waals surface area (Å²) in [5.41, 5.74) is 7.16. The fraction of sp³-hybridized carbons (Fsp3) is 0.529. The molecular formula is C17H24. The number of hydrogen-bond donors (Lipinski definition) is 0. The molecule has 0 amide bonds. The maximum absolute atomic E-state index is 3.29. The zero-order chi connectivity index (χ0) is 13.2. The molecule has 0 N–H and O–H groups in total. The molecular weight excluding hydrogens is 204 g/mol. The van der Waals surface area contributed by atoms with Gasteiger partial charge in [-0.15, -0.1) is 5.92 Å². The Morgan fingerprint density at radius 1 is 0.941 bits per heavy atom. The van der Waals surface area contributed by atoms with Gasteiger partial charge in [-0.25, -0.2) is 0 Å². The maximum Gasteiger partial charge on any atom is 0.0240 e. The van der Waals surface area contributed by atoms with Gasteiger partial charge in [0.15, 0.2) is 0 Å². The Bertz CT molecular complexity index is 443. The van der Waals surface area contributed by atoms with E-state index in [-0.39, 0.29) is 0 Å². The van der Waals surface area contributed by atoms with Crippen molar-refractivity contribution < 1.29 is 0 Å². The van der Waals surface area contributed by atoms with Crippen molar-refractivity contribution in [2.75, 3.05) is 0 Å². The third-order valence-corrected chi connectivity index (χ3v) is 4.00. The molecule has 0 saturated heterocycles. The van der Waals surface area contributed by atoms with E-state index in [2.05, 4.69) is 59.4 Å². The van der Waals surface area contributed by atoms with Gasteiger partial charge >= 0.3 is 0 Å². The van der Waals surface area contributed by atoms with Gasteiger partial charge in [0.05, 0.1) is 0 Å². The van der Waals surface area contributed by atoms with Crippen molar-refractivity contribution in [3.8, 4) is 11.8 Å². The fourth-order valence-electron chi connectivity index (χ4n) is 2.53. The summed E-state index contributed by atoms with van der Waals surface area (Å²) in [5, 5.41) is 0. The van der Waals surface area contributed by atoms with Crippen molar-refractivity contribution in [1.82, 2.24) is 0 Å². The van der Waals surface area contributed by atoms with E-state index in [0.717, 1.165) is 0 Å². The first-order valence-electron chi connectivity index (χ1n) is 6.39.